The van der Waals surface area contributed by atoms with Crippen LogP contribution < -0.4 is 5.32 Å². The summed E-state index contributed by atoms with van der Waals surface area (Å²) >= 11 is 0. The van der Waals surface area contributed by atoms with Crippen molar-refractivity contribution in [3.05, 3.63) is 46.0 Å². The largest absolute Gasteiger partial charge is 0.478 e. The zero-order valence-corrected chi connectivity index (χ0v) is 11.7. The third-order valence-corrected chi connectivity index (χ3v) is 3.48. The van der Waals surface area contributed by atoms with E-state index in [0.717, 1.165) is 0 Å². The molecule has 0 aliphatic heterocycles. The standard InChI is InChI=1S/C15H21NO2/c1-9-8-10(2)12(4)15(11(9)3)13(16-5)6-7-14(17)18/h6-8,13,16H,1-5H3,(H,17,18)/b7-6+. The number of carboxylic acid groups (broad SMARTS) is 1. The van der Waals surface area contributed by atoms with Crippen molar-refractivity contribution in [2.24, 2.45) is 0 Å². The molecule has 3 heteroatoms. The van der Waals surface area contributed by atoms with Gasteiger partial charge in [0.2, 0.25) is 0 Å². The van der Waals surface area contributed by atoms with Crippen molar-refractivity contribution in [2.75, 3.05) is 7.05 Å². The van der Waals surface area contributed by atoms with Crippen LogP contribution >= 0.6 is 0 Å². The highest BCUT2D eigenvalue weighted by atomic mass is 16.4. The molecule has 3 nitrogen and oxygen atoms in total. The first kappa shape index (κ1) is 14.5. The van der Waals surface area contributed by atoms with E-state index in [1.54, 1.807) is 6.08 Å². The fourth-order valence-corrected chi connectivity index (χ4v) is 2.23. The van der Waals surface area contributed by atoms with Crippen LogP contribution in [0.2, 0.25) is 0 Å². The van der Waals surface area contributed by atoms with Crippen LogP contribution in [0.25, 0.3) is 0 Å². The summed E-state index contributed by atoms with van der Waals surface area (Å²) in [6.45, 7) is 8.32. The van der Waals surface area contributed by atoms with Crippen molar-refractivity contribution < 1.29 is 9.90 Å². The van der Waals surface area contributed by atoms with Gasteiger partial charge in [0, 0.05) is 6.08 Å². The van der Waals surface area contributed by atoms with Crippen LogP contribution in [0, 0.1) is 27.7 Å². The molecule has 1 rings (SSSR count). The van der Waals surface area contributed by atoms with Gasteiger partial charge in [-0.2, -0.15) is 0 Å². The number of rotatable bonds is 4. The lowest BCUT2D eigenvalue weighted by atomic mass is 9.89. The SMILES string of the molecule is CNC(/C=C/C(=O)O)c1c(C)c(C)cc(C)c1C. The van der Waals surface area contributed by atoms with Crippen molar-refractivity contribution in [3.8, 4) is 0 Å². The minimum atomic E-state index is -0.921. The van der Waals surface area contributed by atoms with E-state index in [-0.39, 0.29) is 6.04 Å². The molecule has 0 saturated heterocycles. The number of hydrogen-bond acceptors (Lipinski definition) is 2. The van der Waals surface area contributed by atoms with Crippen LogP contribution in [0.3, 0.4) is 0 Å². The molecule has 0 aliphatic carbocycles. The summed E-state index contributed by atoms with van der Waals surface area (Å²) in [6, 6.07) is 2.10. The molecule has 0 fully saturated rings. The zero-order valence-electron chi connectivity index (χ0n) is 11.7. The van der Waals surface area contributed by atoms with Crippen LogP contribution in [0.15, 0.2) is 18.2 Å². The molecular weight excluding hydrogens is 226 g/mol. The van der Waals surface area contributed by atoms with E-state index in [4.69, 9.17) is 5.11 Å². The summed E-state index contributed by atoms with van der Waals surface area (Å²) in [4.78, 5) is 10.6. The molecule has 1 atom stereocenters. The van der Waals surface area contributed by atoms with Gasteiger partial charge in [0.15, 0.2) is 0 Å². The molecule has 0 aliphatic rings. The molecule has 0 bridgehead atoms. The molecule has 1 aromatic rings. The van der Waals surface area contributed by atoms with Gasteiger partial charge in [-0.1, -0.05) is 12.1 Å². The Morgan fingerprint density at radius 3 is 2.11 bits per heavy atom. The molecule has 98 valence electrons. The van der Waals surface area contributed by atoms with E-state index in [1.807, 2.05) is 7.05 Å². The van der Waals surface area contributed by atoms with Gasteiger partial charge in [-0.15, -0.1) is 0 Å². The Balaban J connectivity index is 3.33. The van der Waals surface area contributed by atoms with Gasteiger partial charge < -0.3 is 10.4 Å². The molecule has 0 saturated carbocycles. The minimum absolute atomic E-state index is 0.0697. The molecule has 0 heterocycles. The molecular formula is C15H21NO2. The maximum Gasteiger partial charge on any atom is 0.328 e. The normalized spacial score (nSPS) is 12.9. The van der Waals surface area contributed by atoms with Crippen molar-refractivity contribution in [1.29, 1.82) is 0 Å². The van der Waals surface area contributed by atoms with Gasteiger partial charge >= 0.3 is 5.97 Å². The Morgan fingerprint density at radius 2 is 1.72 bits per heavy atom. The topological polar surface area (TPSA) is 49.3 Å². The summed E-state index contributed by atoms with van der Waals surface area (Å²) in [5, 5.41) is 11.9. The fraction of sp³-hybridized carbons (Fsp3) is 0.400. The van der Waals surface area contributed by atoms with Crippen LogP contribution in [0.1, 0.15) is 33.9 Å². The number of carboxylic acids is 1. The highest BCUT2D eigenvalue weighted by Crippen LogP contribution is 2.27. The number of benzene rings is 1. The van der Waals surface area contributed by atoms with Crippen molar-refractivity contribution in [2.45, 2.75) is 33.7 Å². The molecule has 0 aromatic heterocycles. The predicted molar refractivity (Wildman–Crippen MR) is 74.0 cm³/mol. The van der Waals surface area contributed by atoms with Crippen molar-refractivity contribution >= 4 is 5.97 Å². The van der Waals surface area contributed by atoms with Crippen molar-refractivity contribution in [1.82, 2.24) is 5.32 Å². The second-order valence-corrected chi connectivity index (χ2v) is 4.64. The average molecular weight is 247 g/mol. The Kier molecular flexibility index (Phi) is 4.68. The molecule has 0 amide bonds. The second kappa shape index (κ2) is 5.83. The van der Waals surface area contributed by atoms with Crippen molar-refractivity contribution in [3.63, 3.8) is 0 Å². The Bertz CT molecular complexity index is 464. The molecule has 0 radical (unpaired) electrons. The van der Waals surface area contributed by atoms with Gasteiger partial charge in [0.05, 0.1) is 6.04 Å². The predicted octanol–water partition coefficient (Wildman–Crippen LogP) is 2.82. The monoisotopic (exact) mass is 247 g/mol. The van der Waals surface area contributed by atoms with Gasteiger partial charge in [-0.25, -0.2) is 4.79 Å². The lowest BCUT2D eigenvalue weighted by Gasteiger charge is -2.21. The lowest BCUT2D eigenvalue weighted by Crippen LogP contribution is -2.18. The fourth-order valence-electron chi connectivity index (χ4n) is 2.23. The average Bonchev–Trinajstić information content (AvgIpc) is 2.30. The second-order valence-electron chi connectivity index (χ2n) is 4.64. The summed E-state index contributed by atoms with van der Waals surface area (Å²) in [7, 11) is 1.84. The Hall–Kier alpha value is -1.61. The summed E-state index contributed by atoms with van der Waals surface area (Å²) < 4.78 is 0. The molecule has 0 spiro atoms. The third kappa shape index (κ3) is 2.99. The number of hydrogen-bond donors (Lipinski definition) is 2. The molecule has 1 unspecified atom stereocenters. The van der Waals surface area contributed by atoms with E-state index in [9.17, 15) is 4.79 Å². The van der Waals surface area contributed by atoms with Gasteiger partial charge in [-0.3, -0.25) is 0 Å². The summed E-state index contributed by atoms with van der Waals surface area (Å²) in [6.07, 6.45) is 2.88. The van der Waals surface area contributed by atoms with Gasteiger partial charge in [0.25, 0.3) is 0 Å². The first-order valence-corrected chi connectivity index (χ1v) is 6.04. The van der Waals surface area contributed by atoms with Crippen LogP contribution in [0.4, 0.5) is 0 Å². The third-order valence-electron chi connectivity index (χ3n) is 3.48. The first-order chi connectivity index (χ1) is 8.38. The van der Waals surface area contributed by atoms with Crippen LogP contribution in [0.5, 0.6) is 0 Å². The zero-order chi connectivity index (χ0) is 13.9. The van der Waals surface area contributed by atoms with E-state index >= 15 is 0 Å². The number of aryl methyl sites for hydroxylation is 2. The Morgan fingerprint density at radius 1 is 1.22 bits per heavy atom. The van der Waals surface area contributed by atoms with Gasteiger partial charge in [0.1, 0.15) is 0 Å². The number of likely N-dealkylation sites (N-methyl/N-ethyl adjacent to an activating group) is 1. The molecule has 1 aromatic carbocycles. The highest BCUT2D eigenvalue weighted by molar-refractivity contribution is 5.79. The smallest absolute Gasteiger partial charge is 0.328 e. The van der Waals surface area contributed by atoms with E-state index in [0.29, 0.717) is 0 Å². The Labute approximate surface area is 109 Å². The summed E-state index contributed by atoms with van der Waals surface area (Å²) in [5.41, 5.74) is 6.07. The van der Waals surface area contributed by atoms with E-state index in [1.165, 1.54) is 33.9 Å². The van der Waals surface area contributed by atoms with Crippen LogP contribution in [-0.4, -0.2) is 18.1 Å². The lowest BCUT2D eigenvalue weighted by molar-refractivity contribution is -0.131. The summed E-state index contributed by atoms with van der Waals surface area (Å²) in [5.74, 6) is -0.921. The molecule has 2 N–H and O–H groups in total. The quantitative estimate of drug-likeness (QED) is 0.804. The van der Waals surface area contributed by atoms with Gasteiger partial charge in [-0.05, 0) is 62.6 Å². The van der Waals surface area contributed by atoms with Crippen LogP contribution in [-0.2, 0) is 4.79 Å². The maximum absolute atomic E-state index is 10.6. The van der Waals surface area contributed by atoms with E-state index in [2.05, 4.69) is 39.1 Å². The molecule has 18 heavy (non-hydrogen) atoms. The number of nitrogens with one attached hydrogen (secondary N) is 1. The highest BCUT2D eigenvalue weighted by Gasteiger charge is 2.15. The first-order valence-electron chi connectivity index (χ1n) is 6.04. The minimum Gasteiger partial charge on any atom is -0.478 e. The number of carbonyl (C=O) groups is 1. The maximum atomic E-state index is 10.6. The number of aliphatic carboxylic acids is 1. The van der Waals surface area contributed by atoms with E-state index < -0.39 is 5.97 Å².